The molecular formula is C15H18N4O. The highest BCUT2D eigenvalue weighted by atomic mass is 16.2. The summed E-state index contributed by atoms with van der Waals surface area (Å²) < 4.78 is 0. The van der Waals surface area contributed by atoms with Crippen molar-refractivity contribution in [1.82, 2.24) is 15.2 Å². The molecule has 2 aromatic rings. The quantitative estimate of drug-likeness (QED) is 0.932. The first-order valence-corrected chi connectivity index (χ1v) is 6.83. The van der Waals surface area contributed by atoms with Gasteiger partial charge in [-0.3, -0.25) is 9.89 Å². The Morgan fingerprint density at radius 3 is 2.50 bits per heavy atom. The van der Waals surface area contributed by atoms with Gasteiger partial charge >= 0.3 is 0 Å². The van der Waals surface area contributed by atoms with E-state index < -0.39 is 0 Å². The minimum atomic E-state index is -0.182. The number of rotatable bonds is 3. The molecule has 1 saturated carbocycles. The van der Waals surface area contributed by atoms with Gasteiger partial charge in [0, 0.05) is 18.7 Å². The first kappa shape index (κ1) is 12.8. The Bertz CT molecular complexity index is 637. The van der Waals surface area contributed by atoms with E-state index in [1.807, 2.05) is 26.0 Å². The molecule has 0 aliphatic heterocycles. The van der Waals surface area contributed by atoms with Crippen LogP contribution in [0.25, 0.3) is 0 Å². The van der Waals surface area contributed by atoms with E-state index in [1.165, 1.54) is 0 Å². The molecule has 0 spiro atoms. The Balaban J connectivity index is 1.84. The van der Waals surface area contributed by atoms with Gasteiger partial charge in [-0.25, -0.2) is 4.98 Å². The summed E-state index contributed by atoms with van der Waals surface area (Å²) in [6.07, 6.45) is 2.27. The molecule has 1 heterocycles. The molecule has 5 heteroatoms. The first-order chi connectivity index (χ1) is 9.54. The van der Waals surface area contributed by atoms with Gasteiger partial charge in [-0.05, 0) is 49.9 Å². The Morgan fingerprint density at radius 2 is 1.90 bits per heavy atom. The molecule has 1 aliphatic rings. The number of aromatic nitrogens is 3. The third-order valence-corrected chi connectivity index (χ3v) is 3.56. The number of nitrogens with zero attached hydrogens (tertiary/aromatic N) is 3. The molecule has 1 aromatic heterocycles. The number of hydrogen-bond donors (Lipinski definition) is 1. The van der Waals surface area contributed by atoms with E-state index in [2.05, 4.69) is 21.2 Å². The van der Waals surface area contributed by atoms with Crippen molar-refractivity contribution in [3.8, 4) is 0 Å². The lowest BCUT2D eigenvalue weighted by atomic mass is 10.1. The summed E-state index contributed by atoms with van der Waals surface area (Å²) in [5.74, 6) is 1.37. The second-order valence-corrected chi connectivity index (χ2v) is 5.53. The highest BCUT2D eigenvalue weighted by Crippen LogP contribution is 2.37. The van der Waals surface area contributed by atoms with E-state index in [0.29, 0.717) is 5.92 Å². The van der Waals surface area contributed by atoms with Gasteiger partial charge in [-0.15, -0.1) is 5.10 Å². The normalized spacial score (nSPS) is 14.3. The molecule has 0 unspecified atom stereocenters. The zero-order valence-electron chi connectivity index (χ0n) is 12.0. The smallest absolute Gasteiger partial charge is 0.297 e. The van der Waals surface area contributed by atoms with Crippen LogP contribution in [0, 0.1) is 13.8 Å². The average Bonchev–Trinajstić information content (AvgIpc) is 3.14. The van der Waals surface area contributed by atoms with Crippen molar-refractivity contribution in [2.45, 2.75) is 32.6 Å². The SMILES string of the molecule is Cc1cc(C)cc(N(C)C(=O)c2n[nH]c(C3CC3)n2)c1. The average molecular weight is 270 g/mol. The number of H-pyrrole nitrogens is 1. The lowest BCUT2D eigenvalue weighted by Crippen LogP contribution is -2.27. The van der Waals surface area contributed by atoms with Crippen LogP contribution in [-0.2, 0) is 0 Å². The second kappa shape index (κ2) is 4.74. The second-order valence-electron chi connectivity index (χ2n) is 5.53. The maximum atomic E-state index is 12.4. The Labute approximate surface area is 118 Å². The number of carbonyl (C=O) groups excluding carboxylic acids is 1. The van der Waals surface area contributed by atoms with Crippen LogP contribution in [0.2, 0.25) is 0 Å². The van der Waals surface area contributed by atoms with E-state index in [0.717, 1.165) is 35.5 Å². The maximum absolute atomic E-state index is 12.4. The molecule has 3 rings (SSSR count). The van der Waals surface area contributed by atoms with Crippen LogP contribution in [0.5, 0.6) is 0 Å². The predicted molar refractivity (Wildman–Crippen MR) is 77.0 cm³/mol. The number of anilines is 1. The molecule has 1 N–H and O–H groups in total. The van der Waals surface area contributed by atoms with Gasteiger partial charge in [0.2, 0.25) is 5.82 Å². The van der Waals surface area contributed by atoms with Gasteiger partial charge in [0.15, 0.2) is 0 Å². The lowest BCUT2D eigenvalue weighted by molar-refractivity contribution is 0.0983. The molecule has 1 aliphatic carbocycles. The fourth-order valence-corrected chi connectivity index (χ4v) is 2.32. The van der Waals surface area contributed by atoms with Crippen LogP contribution in [0.3, 0.4) is 0 Å². The summed E-state index contributed by atoms with van der Waals surface area (Å²) in [4.78, 5) is 18.3. The molecular weight excluding hydrogens is 252 g/mol. The molecule has 0 radical (unpaired) electrons. The maximum Gasteiger partial charge on any atom is 0.297 e. The zero-order chi connectivity index (χ0) is 14.3. The van der Waals surface area contributed by atoms with Crippen molar-refractivity contribution in [3.05, 3.63) is 41.0 Å². The number of hydrogen-bond acceptors (Lipinski definition) is 3. The molecule has 1 fully saturated rings. The number of nitrogens with one attached hydrogen (secondary N) is 1. The summed E-state index contributed by atoms with van der Waals surface area (Å²) in [6.45, 7) is 4.04. The minimum Gasteiger partial charge on any atom is -0.309 e. The third kappa shape index (κ3) is 2.43. The van der Waals surface area contributed by atoms with E-state index in [1.54, 1.807) is 11.9 Å². The zero-order valence-corrected chi connectivity index (χ0v) is 12.0. The van der Waals surface area contributed by atoms with Gasteiger partial charge in [0.1, 0.15) is 5.82 Å². The van der Waals surface area contributed by atoms with Gasteiger partial charge < -0.3 is 4.90 Å². The topological polar surface area (TPSA) is 61.9 Å². The van der Waals surface area contributed by atoms with Crippen LogP contribution in [-0.4, -0.2) is 28.1 Å². The summed E-state index contributed by atoms with van der Waals surface area (Å²) in [6, 6.07) is 6.05. The molecule has 5 nitrogen and oxygen atoms in total. The number of aromatic amines is 1. The van der Waals surface area contributed by atoms with Crippen molar-refractivity contribution < 1.29 is 4.79 Å². The molecule has 0 saturated heterocycles. The summed E-state index contributed by atoms with van der Waals surface area (Å²) in [7, 11) is 1.75. The summed E-state index contributed by atoms with van der Waals surface area (Å²) >= 11 is 0. The van der Waals surface area contributed by atoms with Crippen molar-refractivity contribution in [2.75, 3.05) is 11.9 Å². The van der Waals surface area contributed by atoms with Crippen molar-refractivity contribution >= 4 is 11.6 Å². The summed E-state index contributed by atoms with van der Waals surface area (Å²) in [5, 5.41) is 6.91. The number of benzene rings is 1. The lowest BCUT2D eigenvalue weighted by Gasteiger charge is -2.16. The third-order valence-electron chi connectivity index (χ3n) is 3.56. The fourth-order valence-electron chi connectivity index (χ4n) is 2.32. The van der Waals surface area contributed by atoms with Crippen molar-refractivity contribution in [3.63, 3.8) is 0 Å². The molecule has 1 amide bonds. The summed E-state index contributed by atoms with van der Waals surface area (Å²) in [5.41, 5.74) is 3.13. The monoisotopic (exact) mass is 270 g/mol. The predicted octanol–water partition coefficient (Wildman–Crippen LogP) is 2.58. The number of carbonyl (C=O) groups is 1. The van der Waals surface area contributed by atoms with Crippen LogP contribution in [0.15, 0.2) is 18.2 Å². The van der Waals surface area contributed by atoms with Gasteiger partial charge in [-0.1, -0.05) is 6.07 Å². The Hall–Kier alpha value is -2.17. The van der Waals surface area contributed by atoms with Gasteiger partial charge in [0.05, 0.1) is 0 Å². The van der Waals surface area contributed by atoms with Crippen molar-refractivity contribution in [2.24, 2.45) is 0 Å². The first-order valence-electron chi connectivity index (χ1n) is 6.83. The van der Waals surface area contributed by atoms with Crippen molar-refractivity contribution in [1.29, 1.82) is 0 Å². The highest BCUT2D eigenvalue weighted by Gasteiger charge is 2.29. The fraction of sp³-hybridized carbons (Fsp3) is 0.400. The van der Waals surface area contributed by atoms with Crippen LogP contribution in [0.4, 0.5) is 5.69 Å². The number of aryl methyl sites for hydroxylation is 2. The van der Waals surface area contributed by atoms with Crippen LogP contribution in [0.1, 0.15) is 46.3 Å². The molecule has 0 atom stereocenters. The van der Waals surface area contributed by atoms with E-state index in [9.17, 15) is 4.79 Å². The molecule has 1 aromatic carbocycles. The van der Waals surface area contributed by atoms with Gasteiger partial charge in [-0.2, -0.15) is 0 Å². The molecule has 0 bridgehead atoms. The van der Waals surface area contributed by atoms with Gasteiger partial charge in [0.25, 0.3) is 5.91 Å². The van der Waals surface area contributed by atoms with E-state index in [4.69, 9.17) is 0 Å². The van der Waals surface area contributed by atoms with E-state index >= 15 is 0 Å². The Kier molecular flexibility index (Phi) is 3.04. The Morgan fingerprint density at radius 1 is 1.25 bits per heavy atom. The largest absolute Gasteiger partial charge is 0.309 e. The van der Waals surface area contributed by atoms with E-state index in [-0.39, 0.29) is 11.7 Å². The van der Waals surface area contributed by atoms with Crippen LogP contribution >= 0.6 is 0 Å². The standard InChI is InChI=1S/C15H18N4O/c1-9-6-10(2)8-12(7-9)19(3)15(20)14-16-13(17-18-14)11-4-5-11/h6-8,11H,4-5H2,1-3H3,(H,16,17,18). The highest BCUT2D eigenvalue weighted by molar-refractivity contribution is 6.03. The molecule has 104 valence electrons. The molecule has 20 heavy (non-hydrogen) atoms. The number of amides is 1. The minimum absolute atomic E-state index is 0.182. The van der Waals surface area contributed by atoms with Crippen LogP contribution < -0.4 is 4.90 Å².